The summed E-state index contributed by atoms with van der Waals surface area (Å²) in [5, 5.41) is 2.55. The molecule has 2 aromatic rings. The van der Waals surface area contributed by atoms with Gasteiger partial charge in [-0.2, -0.15) is 0 Å². The maximum absolute atomic E-state index is 13.5. The number of furan rings is 1. The zero-order valence-corrected chi connectivity index (χ0v) is 8.81. The molecule has 0 saturated heterocycles. The first-order valence-corrected chi connectivity index (χ1v) is 4.87. The van der Waals surface area contributed by atoms with E-state index in [4.69, 9.17) is 10.2 Å². The highest BCUT2D eigenvalue weighted by Crippen LogP contribution is 2.11. The molecule has 0 fully saturated rings. The topological polar surface area (TPSA) is 81.1 Å². The van der Waals surface area contributed by atoms with Crippen LogP contribution in [0.2, 0.25) is 0 Å². The van der Waals surface area contributed by atoms with Crippen molar-refractivity contribution >= 4 is 11.7 Å². The van der Waals surface area contributed by atoms with Gasteiger partial charge in [-0.1, -0.05) is 0 Å². The van der Waals surface area contributed by atoms with Crippen LogP contribution >= 0.6 is 0 Å². The largest absolute Gasteiger partial charge is 0.472 e. The number of nitrogens with one attached hydrogen (secondary N) is 1. The van der Waals surface area contributed by atoms with Crippen LogP contribution in [0.1, 0.15) is 15.9 Å². The lowest BCUT2D eigenvalue weighted by atomic mass is 10.2. The van der Waals surface area contributed by atoms with E-state index in [2.05, 4.69) is 10.3 Å². The van der Waals surface area contributed by atoms with Crippen molar-refractivity contribution in [3.63, 3.8) is 0 Å². The van der Waals surface area contributed by atoms with E-state index in [0.29, 0.717) is 0 Å². The smallest absolute Gasteiger partial charge is 0.254 e. The Kier molecular flexibility index (Phi) is 3.04. The Morgan fingerprint density at radius 1 is 1.53 bits per heavy atom. The van der Waals surface area contributed by atoms with Crippen molar-refractivity contribution in [3.8, 4) is 0 Å². The Morgan fingerprint density at radius 3 is 3.06 bits per heavy atom. The van der Waals surface area contributed by atoms with Gasteiger partial charge in [0.05, 0.1) is 18.1 Å². The van der Waals surface area contributed by atoms with Crippen LogP contribution in [0.5, 0.6) is 0 Å². The van der Waals surface area contributed by atoms with Gasteiger partial charge in [0.2, 0.25) is 0 Å². The molecule has 0 saturated carbocycles. The van der Waals surface area contributed by atoms with Crippen LogP contribution in [-0.2, 0) is 6.54 Å². The second kappa shape index (κ2) is 4.65. The van der Waals surface area contributed by atoms with Gasteiger partial charge in [0.15, 0.2) is 11.6 Å². The highest BCUT2D eigenvalue weighted by Gasteiger charge is 2.14. The van der Waals surface area contributed by atoms with E-state index in [9.17, 15) is 9.18 Å². The molecule has 0 aliphatic heterocycles. The lowest BCUT2D eigenvalue weighted by Gasteiger charge is -2.05. The number of nitrogen functional groups attached to an aromatic ring is 1. The number of rotatable bonds is 3. The van der Waals surface area contributed by atoms with Crippen LogP contribution in [0.15, 0.2) is 35.3 Å². The molecular weight excluding hydrogens is 225 g/mol. The summed E-state index contributed by atoms with van der Waals surface area (Å²) in [6.45, 7) is 0.261. The Labute approximate surface area is 96.4 Å². The fourth-order valence-corrected chi connectivity index (χ4v) is 1.31. The number of hydrogen-bond donors (Lipinski definition) is 2. The number of carbonyl (C=O) groups is 1. The Bertz CT molecular complexity index is 526. The quantitative estimate of drug-likeness (QED) is 0.840. The first-order valence-electron chi connectivity index (χ1n) is 4.87. The number of hydrogen-bond acceptors (Lipinski definition) is 4. The zero-order chi connectivity index (χ0) is 12.3. The standard InChI is InChI=1S/C11H10FN3O2/c12-9-8(1-3-14-10(9)13)11(16)15-5-7-2-4-17-6-7/h1-4,6H,5H2,(H2,13,14)(H,15,16). The number of nitrogens with two attached hydrogens (primary N) is 1. The van der Waals surface area contributed by atoms with E-state index < -0.39 is 11.7 Å². The summed E-state index contributed by atoms with van der Waals surface area (Å²) in [6.07, 6.45) is 4.27. The monoisotopic (exact) mass is 235 g/mol. The summed E-state index contributed by atoms with van der Waals surface area (Å²) < 4.78 is 18.3. The summed E-state index contributed by atoms with van der Waals surface area (Å²) >= 11 is 0. The zero-order valence-electron chi connectivity index (χ0n) is 8.81. The third kappa shape index (κ3) is 2.41. The van der Waals surface area contributed by atoms with E-state index in [-0.39, 0.29) is 17.9 Å². The number of aromatic nitrogens is 1. The molecule has 6 heteroatoms. The second-order valence-electron chi connectivity index (χ2n) is 3.37. The van der Waals surface area contributed by atoms with Gasteiger partial charge in [-0.05, 0) is 12.1 Å². The van der Waals surface area contributed by atoms with Gasteiger partial charge in [-0.25, -0.2) is 9.37 Å². The first kappa shape index (κ1) is 11.1. The molecule has 0 aliphatic rings. The first-order chi connectivity index (χ1) is 8.18. The van der Waals surface area contributed by atoms with E-state index in [1.165, 1.54) is 24.8 Å². The summed E-state index contributed by atoms with van der Waals surface area (Å²) in [5.41, 5.74) is 5.94. The third-order valence-corrected chi connectivity index (χ3v) is 2.19. The van der Waals surface area contributed by atoms with E-state index in [1.54, 1.807) is 6.07 Å². The van der Waals surface area contributed by atoms with Gasteiger partial charge in [-0.15, -0.1) is 0 Å². The van der Waals surface area contributed by atoms with Crippen molar-refractivity contribution in [2.75, 3.05) is 5.73 Å². The summed E-state index contributed by atoms with van der Waals surface area (Å²) in [5.74, 6) is -1.64. The summed E-state index contributed by atoms with van der Waals surface area (Å²) in [6, 6.07) is 2.98. The number of pyridine rings is 1. The average Bonchev–Trinajstić information content (AvgIpc) is 2.82. The van der Waals surface area contributed by atoms with Crippen molar-refractivity contribution in [2.24, 2.45) is 0 Å². The van der Waals surface area contributed by atoms with Crippen molar-refractivity contribution in [1.82, 2.24) is 10.3 Å². The van der Waals surface area contributed by atoms with Crippen LogP contribution < -0.4 is 11.1 Å². The number of nitrogens with zero attached hydrogens (tertiary/aromatic N) is 1. The van der Waals surface area contributed by atoms with Crippen LogP contribution in [0.3, 0.4) is 0 Å². The van der Waals surface area contributed by atoms with Crippen LogP contribution in [0.4, 0.5) is 10.2 Å². The maximum Gasteiger partial charge on any atom is 0.254 e. The molecule has 2 aromatic heterocycles. The normalized spacial score (nSPS) is 10.2. The van der Waals surface area contributed by atoms with Crippen LogP contribution in [0.25, 0.3) is 0 Å². The van der Waals surface area contributed by atoms with E-state index in [0.717, 1.165) is 5.56 Å². The minimum atomic E-state index is -0.808. The molecule has 2 rings (SSSR count). The van der Waals surface area contributed by atoms with Crippen molar-refractivity contribution < 1.29 is 13.6 Å². The number of amides is 1. The molecule has 1 amide bonds. The van der Waals surface area contributed by atoms with Crippen molar-refractivity contribution in [2.45, 2.75) is 6.54 Å². The Morgan fingerprint density at radius 2 is 2.35 bits per heavy atom. The molecular formula is C11H10FN3O2. The fourth-order valence-electron chi connectivity index (χ4n) is 1.31. The van der Waals surface area contributed by atoms with Gasteiger partial charge in [0.1, 0.15) is 0 Å². The Hall–Kier alpha value is -2.37. The predicted octanol–water partition coefficient (Wildman–Crippen LogP) is 1.33. The van der Waals surface area contributed by atoms with Gasteiger partial charge < -0.3 is 15.5 Å². The lowest BCUT2D eigenvalue weighted by molar-refractivity contribution is 0.0947. The molecule has 0 bridgehead atoms. The highest BCUT2D eigenvalue weighted by molar-refractivity contribution is 5.95. The molecule has 0 atom stereocenters. The minimum Gasteiger partial charge on any atom is -0.472 e. The molecule has 0 unspecified atom stereocenters. The molecule has 17 heavy (non-hydrogen) atoms. The predicted molar refractivity (Wildman–Crippen MR) is 58.5 cm³/mol. The third-order valence-electron chi connectivity index (χ3n) is 2.19. The fraction of sp³-hybridized carbons (Fsp3) is 0.0909. The molecule has 88 valence electrons. The van der Waals surface area contributed by atoms with Crippen molar-refractivity contribution in [1.29, 1.82) is 0 Å². The average molecular weight is 235 g/mol. The van der Waals surface area contributed by atoms with Gasteiger partial charge in [0, 0.05) is 18.3 Å². The van der Waals surface area contributed by atoms with Crippen molar-refractivity contribution in [3.05, 3.63) is 47.8 Å². The van der Waals surface area contributed by atoms with E-state index in [1.807, 2.05) is 0 Å². The minimum absolute atomic E-state index is 0.124. The lowest BCUT2D eigenvalue weighted by Crippen LogP contribution is -2.24. The SMILES string of the molecule is Nc1nccc(C(=O)NCc2ccoc2)c1F. The van der Waals surface area contributed by atoms with E-state index >= 15 is 0 Å². The molecule has 0 radical (unpaired) electrons. The number of halogens is 1. The highest BCUT2D eigenvalue weighted by atomic mass is 19.1. The Balaban J connectivity index is 2.07. The maximum atomic E-state index is 13.5. The van der Waals surface area contributed by atoms with Gasteiger partial charge >= 0.3 is 0 Å². The molecule has 2 heterocycles. The van der Waals surface area contributed by atoms with Crippen LogP contribution in [-0.4, -0.2) is 10.9 Å². The van der Waals surface area contributed by atoms with Gasteiger partial charge in [-0.3, -0.25) is 4.79 Å². The number of carbonyl (C=O) groups excluding carboxylic acids is 1. The summed E-state index contributed by atoms with van der Waals surface area (Å²) in [4.78, 5) is 15.2. The van der Waals surface area contributed by atoms with Gasteiger partial charge in [0.25, 0.3) is 5.91 Å². The molecule has 0 aromatic carbocycles. The second-order valence-corrected chi connectivity index (χ2v) is 3.37. The molecule has 3 N–H and O–H groups in total. The molecule has 0 spiro atoms. The summed E-state index contributed by atoms with van der Waals surface area (Å²) in [7, 11) is 0. The molecule has 5 nitrogen and oxygen atoms in total. The molecule has 0 aliphatic carbocycles. The van der Waals surface area contributed by atoms with Crippen LogP contribution in [0, 0.1) is 5.82 Å². The number of anilines is 1.